The van der Waals surface area contributed by atoms with Gasteiger partial charge in [0, 0.05) is 17.8 Å². The Bertz CT molecular complexity index is 857. The SMILES string of the molecule is Cc1nn(-c2ccccc2)c(C)c1CNC(=O)[C@@H]1CCS(=O)(=O)C1. The number of sulfone groups is 1. The Morgan fingerprint density at radius 1 is 1.29 bits per heavy atom. The number of nitrogens with one attached hydrogen (secondary N) is 1. The summed E-state index contributed by atoms with van der Waals surface area (Å²) in [6.45, 7) is 4.24. The molecule has 0 spiro atoms. The van der Waals surface area contributed by atoms with E-state index < -0.39 is 15.8 Å². The predicted octanol–water partition coefficient (Wildman–Crippen LogP) is 1.54. The average Bonchev–Trinajstić information content (AvgIpc) is 3.06. The van der Waals surface area contributed by atoms with Gasteiger partial charge in [0.15, 0.2) is 9.84 Å². The van der Waals surface area contributed by atoms with Crippen molar-refractivity contribution in [1.82, 2.24) is 15.1 Å². The lowest BCUT2D eigenvalue weighted by molar-refractivity contribution is -0.124. The Hall–Kier alpha value is -2.15. The predicted molar refractivity (Wildman–Crippen MR) is 91.6 cm³/mol. The second-order valence-electron chi connectivity index (χ2n) is 6.21. The molecule has 7 heteroatoms. The Morgan fingerprint density at radius 2 is 2.00 bits per heavy atom. The zero-order valence-corrected chi connectivity index (χ0v) is 14.6. The van der Waals surface area contributed by atoms with Crippen LogP contribution in [-0.2, 0) is 21.2 Å². The smallest absolute Gasteiger partial charge is 0.224 e. The highest BCUT2D eigenvalue weighted by molar-refractivity contribution is 7.91. The van der Waals surface area contributed by atoms with E-state index in [2.05, 4.69) is 10.4 Å². The summed E-state index contributed by atoms with van der Waals surface area (Å²) in [4.78, 5) is 12.2. The number of amides is 1. The standard InChI is InChI=1S/C17H21N3O3S/c1-12-16(10-18-17(21)14-8-9-24(22,23)11-14)13(2)20(19-12)15-6-4-3-5-7-15/h3-7,14H,8-11H2,1-2H3,(H,18,21)/t14-/m1/s1. The molecule has 1 aromatic heterocycles. The van der Waals surface area contributed by atoms with Crippen LogP contribution < -0.4 is 5.32 Å². The number of hydrogen-bond donors (Lipinski definition) is 1. The van der Waals surface area contributed by atoms with E-state index in [-0.39, 0.29) is 17.4 Å². The Labute approximate surface area is 141 Å². The molecule has 0 unspecified atom stereocenters. The molecule has 0 bridgehead atoms. The summed E-state index contributed by atoms with van der Waals surface area (Å²) in [6, 6.07) is 9.81. The van der Waals surface area contributed by atoms with Gasteiger partial charge in [-0.2, -0.15) is 5.10 Å². The van der Waals surface area contributed by atoms with Gasteiger partial charge in [0.25, 0.3) is 0 Å². The quantitative estimate of drug-likeness (QED) is 0.910. The fourth-order valence-corrected chi connectivity index (χ4v) is 4.81. The zero-order valence-electron chi connectivity index (χ0n) is 13.8. The second-order valence-corrected chi connectivity index (χ2v) is 8.44. The number of rotatable bonds is 4. The van der Waals surface area contributed by atoms with Gasteiger partial charge in [-0.25, -0.2) is 13.1 Å². The Kier molecular flexibility index (Phi) is 4.45. The lowest BCUT2D eigenvalue weighted by Gasteiger charge is -2.10. The molecule has 1 aliphatic heterocycles. The van der Waals surface area contributed by atoms with Gasteiger partial charge < -0.3 is 5.32 Å². The second kappa shape index (κ2) is 6.39. The van der Waals surface area contributed by atoms with Crippen molar-refractivity contribution in [2.24, 2.45) is 5.92 Å². The molecule has 24 heavy (non-hydrogen) atoms. The van der Waals surface area contributed by atoms with E-state index in [0.29, 0.717) is 13.0 Å². The highest BCUT2D eigenvalue weighted by Gasteiger charge is 2.32. The number of para-hydroxylation sites is 1. The summed E-state index contributed by atoms with van der Waals surface area (Å²) in [5, 5.41) is 7.42. The van der Waals surface area contributed by atoms with Crippen LogP contribution in [0, 0.1) is 19.8 Å². The average molecular weight is 347 g/mol. The van der Waals surface area contributed by atoms with Crippen LogP contribution in [0.15, 0.2) is 30.3 Å². The van der Waals surface area contributed by atoms with Crippen LogP contribution in [0.3, 0.4) is 0 Å². The first-order valence-corrected chi connectivity index (χ1v) is 9.78. The van der Waals surface area contributed by atoms with Gasteiger partial charge in [0.2, 0.25) is 5.91 Å². The molecule has 6 nitrogen and oxygen atoms in total. The molecule has 0 aliphatic carbocycles. The first-order chi connectivity index (χ1) is 11.4. The molecule has 1 aromatic carbocycles. The molecule has 128 valence electrons. The van der Waals surface area contributed by atoms with Crippen LogP contribution >= 0.6 is 0 Å². The van der Waals surface area contributed by atoms with Gasteiger partial charge in [-0.05, 0) is 32.4 Å². The number of carbonyl (C=O) groups excluding carboxylic acids is 1. The highest BCUT2D eigenvalue weighted by Crippen LogP contribution is 2.20. The molecule has 1 atom stereocenters. The molecule has 0 radical (unpaired) electrons. The van der Waals surface area contributed by atoms with Crippen LogP contribution in [0.1, 0.15) is 23.4 Å². The first-order valence-electron chi connectivity index (χ1n) is 7.96. The lowest BCUT2D eigenvalue weighted by atomic mass is 10.1. The van der Waals surface area contributed by atoms with Crippen LogP contribution in [0.2, 0.25) is 0 Å². The number of aryl methyl sites for hydroxylation is 1. The van der Waals surface area contributed by atoms with Crippen molar-refractivity contribution >= 4 is 15.7 Å². The third-order valence-corrected chi connectivity index (χ3v) is 6.25. The molecule has 1 saturated heterocycles. The molecule has 3 rings (SSSR count). The minimum atomic E-state index is -3.05. The molecular formula is C17H21N3O3S. The molecule has 1 amide bonds. The number of hydrogen-bond acceptors (Lipinski definition) is 4. The van der Waals surface area contributed by atoms with E-state index in [1.54, 1.807) is 0 Å². The largest absolute Gasteiger partial charge is 0.352 e. The molecule has 1 N–H and O–H groups in total. The molecule has 2 aromatic rings. The first kappa shape index (κ1) is 16.7. The zero-order chi connectivity index (χ0) is 17.3. The fraction of sp³-hybridized carbons (Fsp3) is 0.412. The topological polar surface area (TPSA) is 81.1 Å². The van der Waals surface area contributed by atoms with Crippen molar-refractivity contribution < 1.29 is 13.2 Å². The maximum Gasteiger partial charge on any atom is 0.224 e. The van der Waals surface area contributed by atoms with E-state index in [4.69, 9.17) is 0 Å². The van der Waals surface area contributed by atoms with Crippen molar-refractivity contribution in [3.63, 3.8) is 0 Å². The summed E-state index contributed by atoms with van der Waals surface area (Å²) in [7, 11) is -3.05. The van der Waals surface area contributed by atoms with Crippen LogP contribution in [-0.4, -0.2) is 35.6 Å². The lowest BCUT2D eigenvalue weighted by Crippen LogP contribution is -2.31. The van der Waals surface area contributed by atoms with E-state index >= 15 is 0 Å². The molecule has 1 aliphatic rings. The molecular weight excluding hydrogens is 326 g/mol. The summed E-state index contributed by atoms with van der Waals surface area (Å²) >= 11 is 0. The fourth-order valence-electron chi connectivity index (χ4n) is 3.07. The monoisotopic (exact) mass is 347 g/mol. The van der Waals surface area contributed by atoms with Crippen molar-refractivity contribution in [2.75, 3.05) is 11.5 Å². The number of benzene rings is 1. The van der Waals surface area contributed by atoms with Gasteiger partial charge in [-0.3, -0.25) is 4.79 Å². The van der Waals surface area contributed by atoms with E-state index in [0.717, 1.165) is 22.6 Å². The Morgan fingerprint density at radius 3 is 2.62 bits per heavy atom. The van der Waals surface area contributed by atoms with Crippen molar-refractivity contribution in [2.45, 2.75) is 26.8 Å². The molecule has 0 saturated carbocycles. The van der Waals surface area contributed by atoms with Crippen LogP contribution in [0.4, 0.5) is 0 Å². The van der Waals surface area contributed by atoms with Gasteiger partial charge in [-0.15, -0.1) is 0 Å². The minimum absolute atomic E-state index is 0.0416. The molecule has 1 fully saturated rings. The van der Waals surface area contributed by atoms with Gasteiger partial charge >= 0.3 is 0 Å². The normalized spacial score (nSPS) is 19.3. The van der Waals surface area contributed by atoms with Crippen LogP contribution in [0.25, 0.3) is 5.69 Å². The van der Waals surface area contributed by atoms with Gasteiger partial charge in [0.05, 0.1) is 28.8 Å². The Balaban J connectivity index is 1.72. The number of nitrogens with zero attached hydrogens (tertiary/aromatic N) is 2. The molecule has 2 heterocycles. The maximum absolute atomic E-state index is 12.2. The summed E-state index contributed by atoms with van der Waals surface area (Å²) < 4.78 is 24.8. The van der Waals surface area contributed by atoms with E-state index in [1.807, 2.05) is 48.9 Å². The summed E-state index contributed by atoms with van der Waals surface area (Å²) in [6.07, 6.45) is 0.412. The van der Waals surface area contributed by atoms with E-state index in [9.17, 15) is 13.2 Å². The number of aromatic nitrogens is 2. The van der Waals surface area contributed by atoms with Crippen molar-refractivity contribution in [1.29, 1.82) is 0 Å². The maximum atomic E-state index is 12.2. The van der Waals surface area contributed by atoms with Crippen molar-refractivity contribution in [3.05, 3.63) is 47.3 Å². The van der Waals surface area contributed by atoms with E-state index in [1.165, 1.54) is 0 Å². The van der Waals surface area contributed by atoms with Gasteiger partial charge in [-0.1, -0.05) is 18.2 Å². The van der Waals surface area contributed by atoms with Crippen LogP contribution in [0.5, 0.6) is 0 Å². The summed E-state index contributed by atoms with van der Waals surface area (Å²) in [5.41, 5.74) is 3.76. The third-order valence-electron chi connectivity index (χ3n) is 4.48. The number of carbonyl (C=O) groups is 1. The van der Waals surface area contributed by atoms with Crippen molar-refractivity contribution in [3.8, 4) is 5.69 Å². The highest BCUT2D eigenvalue weighted by atomic mass is 32.2. The summed E-state index contributed by atoms with van der Waals surface area (Å²) in [5.74, 6) is -0.558. The third kappa shape index (κ3) is 3.36. The van der Waals surface area contributed by atoms with Gasteiger partial charge in [0.1, 0.15) is 0 Å². The minimum Gasteiger partial charge on any atom is -0.352 e.